The third-order valence-electron chi connectivity index (χ3n) is 3.11. The van der Waals surface area contributed by atoms with Gasteiger partial charge in [0, 0.05) is 17.0 Å². The highest BCUT2D eigenvalue weighted by molar-refractivity contribution is 9.10. The molecule has 0 saturated carbocycles. The number of halogens is 4. The molecule has 0 aliphatic rings. The molecule has 0 fully saturated rings. The largest absolute Gasteiger partial charge is 0.228 e. The first kappa shape index (κ1) is 14.4. The predicted molar refractivity (Wildman–Crippen MR) is 82.3 cm³/mol. The monoisotopic (exact) mass is 368 g/mol. The number of fused-ring (bicyclic) bond motifs is 1. The number of rotatable bonds is 1. The van der Waals surface area contributed by atoms with Crippen LogP contribution >= 0.6 is 27.5 Å². The van der Waals surface area contributed by atoms with E-state index in [1.807, 2.05) is 0 Å². The molecule has 0 bridgehead atoms. The smallest absolute Gasteiger partial charge is 0.161 e. The van der Waals surface area contributed by atoms with E-state index in [9.17, 15) is 8.78 Å². The molecule has 0 radical (unpaired) electrons. The maximum absolute atomic E-state index is 13.6. The van der Waals surface area contributed by atoms with Crippen molar-refractivity contribution in [3.05, 3.63) is 57.2 Å². The first-order valence-corrected chi connectivity index (χ1v) is 7.21. The van der Waals surface area contributed by atoms with Crippen LogP contribution in [0, 0.1) is 18.6 Å². The number of hydrogen-bond acceptors (Lipinski definition) is 2. The van der Waals surface area contributed by atoms with Gasteiger partial charge in [0.2, 0.25) is 0 Å². The topological polar surface area (TPSA) is 25.8 Å². The van der Waals surface area contributed by atoms with Gasteiger partial charge in [0.1, 0.15) is 16.8 Å². The number of aromatic nitrogens is 2. The SMILES string of the molecule is Cc1cc(-c2nc(Cl)c3cc(Br)c(F)cc3n2)ccc1F. The van der Waals surface area contributed by atoms with Gasteiger partial charge in [0.25, 0.3) is 0 Å². The van der Waals surface area contributed by atoms with E-state index in [0.717, 1.165) is 0 Å². The summed E-state index contributed by atoms with van der Waals surface area (Å²) in [4.78, 5) is 8.50. The van der Waals surface area contributed by atoms with E-state index in [-0.39, 0.29) is 11.0 Å². The molecule has 1 heterocycles. The summed E-state index contributed by atoms with van der Waals surface area (Å²) in [6, 6.07) is 7.35. The van der Waals surface area contributed by atoms with E-state index in [2.05, 4.69) is 25.9 Å². The summed E-state index contributed by atoms with van der Waals surface area (Å²) in [5.41, 5.74) is 1.50. The first-order chi connectivity index (χ1) is 9.95. The molecule has 0 amide bonds. The molecule has 0 aliphatic carbocycles. The Bertz CT molecular complexity index is 868. The third-order valence-corrected chi connectivity index (χ3v) is 4.00. The number of hydrogen-bond donors (Lipinski definition) is 0. The lowest BCUT2D eigenvalue weighted by Crippen LogP contribution is -1.94. The molecule has 3 aromatic rings. The van der Waals surface area contributed by atoms with Crippen molar-refractivity contribution < 1.29 is 8.78 Å². The van der Waals surface area contributed by atoms with E-state index in [1.54, 1.807) is 19.1 Å². The molecule has 1 aromatic heterocycles. The molecule has 6 heteroatoms. The average molecular weight is 370 g/mol. The van der Waals surface area contributed by atoms with Crippen LogP contribution in [0.5, 0.6) is 0 Å². The average Bonchev–Trinajstić information content (AvgIpc) is 2.44. The Balaban J connectivity index is 2.24. The summed E-state index contributed by atoms with van der Waals surface area (Å²) in [6.07, 6.45) is 0. The van der Waals surface area contributed by atoms with Gasteiger partial charge in [0.05, 0.1) is 9.99 Å². The number of nitrogens with zero attached hydrogens (tertiary/aromatic N) is 2. The molecule has 0 spiro atoms. The van der Waals surface area contributed by atoms with Gasteiger partial charge in [0.15, 0.2) is 5.82 Å². The van der Waals surface area contributed by atoms with Crippen molar-refractivity contribution in [3.63, 3.8) is 0 Å². The van der Waals surface area contributed by atoms with Gasteiger partial charge in [-0.3, -0.25) is 0 Å². The quantitative estimate of drug-likeness (QED) is 0.544. The Morgan fingerprint density at radius 3 is 2.52 bits per heavy atom. The Kier molecular flexibility index (Phi) is 3.63. The van der Waals surface area contributed by atoms with Crippen LogP contribution in [0.2, 0.25) is 5.15 Å². The van der Waals surface area contributed by atoms with E-state index in [0.29, 0.717) is 32.3 Å². The minimum absolute atomic E-state index is 0.220. The molecular formula is C15H8BrClF2N2. The van der Waals surface area contributed by atoms with Gasteiger partial charge >= 0.3 is 0 Å². The predicted octanol–water partition coefficient (Wildman–Crippen LogP) is 5.30. The van der Waals surface area contributed by atoms with Crippen LogP contribution in [0.15, 0.2) is 34.8 Å². The van der Waals surface area contributed by atoms with Crippen molar-refractivity contribution in [3.8, 4) is 11.4 Å². The first-order valence-electron chi connectivity index (χ1n) is 6.04. The van der Waals surface area contributed by atoms with E-state index >= 15 is 0 Å². The Morgan fingerprint density at radius 1 is 1.05 bits per heavy atom. The Labute approximate surface area is 132 Å². The van der Waals surface area contributed by atoms with Crippen molar-refractivity contribution in [1.29, 1.82) is 0 Å². The molecular weight excluding hydrogens is 362 g/mol. The minimum Gasteiger partial charge on any atom is -0.228 e. The third kappa shape index (κ3) is 2.63. The summed E-state index contributed by atoms with van der Waals surface area (Å²) >= 11 is 9.24. The lowest BCUT2D eigenvalue weighted by atomic mass is 10.1. The minimum atomic E-state index is -0.432. The highest BCUT2D eigenvalue weighted by atomic mass is 79.9. The van der Waals surface area contributed by atoms with Crippen molar-refractivity contribution in [2.45, 2.75) is 6.92 Å². The zero-order valence-electron chi connectivity index (χ0n) is 10.8. The molecule has 2 aromatic carbocycles. The lowest BCUT2D eigenvalue weighted by Gasteiger charge is -2.07. The van der Waals surface area contributed by atoms with Crippen molar-refractivity contribution in [2.24, 2.45) is 0 Å². The molecule has 2 nitrogen and oxygen atoms in total. The van der Waals surface area contributed by atoms with Gasteiger partial charge in [-0.1, -0.05) is 11.6 Å². The zero-order chi connectivity index (χ0) is 15.1. The van der Waals surface area contributed by atoms with Gasteiger partial charge in [-0.15, -0.1) is 0 Å². The Morgan fingerprint density at radius 2 is 1.81 bits per heavy atom. The molecule has 106 valence electrons. The van der Waals surface area contributed by atoms with Crippen LogP contribution in [-0.2, 0) is 0 Å². The fourth-order valence-corrected chi connectivity index (χ4v) is 2.57. The van der Waals surface area contributed by atoms with Crippen LogP contribution in [0.1, 0.15) is 5.56 Å². The van der Waals surface area contributed by atoms with Gasteiger partial charge in [-0.2, -0.15) is 0 Å². The standard InChI is InChI=1S/C15H8BrClF2N2/c1-7-4-8(2-3-11(7)18)15-20-13-6-12(19)10(16)5-9(13)14(17)21-15/h2-6H,1H3. The van der Waals surface area contributed by atoms with Gasteiger partial charge in [-0.05, 0) is 52.7 Å². The van der Waals surface area contributed by atoms with Crippen molar-refractivity contribution in [1.82, 2.24) is 9.97 Å². The second kappa shape index (κ2) is 5.31. The zero-order valence-corrected chi connectivity index (χ0v) is 13.1. The molecule has 0 saturated heterocycles. The molecule has 21 heavy (non-hydrogen) atoms. The maximum atomic E-state index is 13.6. The summed E-state index contributed by atoms with van der Waals surface area (Å²) < 4.78 is 27.3. The molecule has 3 rings (SSSR count). The van der Waals surface area contributed by atoms with E-state index in [1.165, 1.54) is 18.2 Å². The van der Waals surface area contributed by atoms with Gasteiger partial charge < -0.3 is 0 Å². The van der Waals surface area contributed by atoms with Crippen molar-refractivity contribution in [2.75, 3.05) is 0 Å². The normalized spacial score (nSPS) is 11.1. The van der Waals surface area contributed by atoms with Crippen LogP contribution in [-0.4, -0.2) is 9.97 Å². The molecule has 0 aliphatic heterocycles. The van der Waals surface area contributed by atoms with Crippen LogP contribution in [0.4, 0.5) is 8.78 Å². The fraction of sp³-hybridized carbons (Fsp3) is 0.0667. The lowest BCUT2D eigenvalue weighted by molar-refractivity contribution is 0.618. The summed E-state index contributed by atoms with van der Waals surface area (Å²) in [7, 11) is 0. The van der Waals surface area contributed by atoms with Crippen LogP contribution < -0.4 is 0 Å². The summed E-state index contributed by atoms with van der Waals surface area (Å²) in [6.45, 7) is 1.65. The molecule has 0 atom stereocenters. The van der Waals surface area contributed by atoms with Crippen LogP contribution in [0.25, 0.3) is 22.3 Å². The molecule has 0 N–H and O–H groups in total. The van der Waals surface area contributed by atoms with E-state index < -0.39 is 5.82 Å². The van der Waals surface area contributed by atoms with Gasteiger partial charge in [-0.25, -0.2) is 18.7 Å². The maximum Gasteiger partial charge on any atom is 0.161 e. The second-order valence-corrected chi connectivity index (χ2v) is 5.80. The fourth-order valence-electron chi connectivity index (χ4n) is 2.00. The molecule has 0 unspecified atom stereocenters. The van der Waals surface area contributed by atoms with E-state index in [4.69, 9.17) is 11.6 Å². The number of aryl methyl sites for hydroxylation is 1. The van der Waals surface area contributed by atoms with Crippen LogP contribution in [0.3, 0.4) is 0 Å². The Hall–Kier alpha value is -1.59. The highest BCUT2D eigenvalue weighted by Gasteiger charge is 2.12. The summed E-state index contributed by atoms with van der Waals surface area (Å²) in [5, 5.41) is 0.769. The summed E-state index contributed by atoms with van der Waals surface area (Å²) in [5.74, 6) is -0.406. The number of benzene rings is 2. The van der Waals surface area contributed by atoms with Crippen molar-refractivity contribution >= 4 is 38.4 Å². The highest BCUT2D eigenvalue weighted by Crippen LogP contribution is 2.29. The second-order valence-electron chi connectivity index (χ2n) is 4.59.